The first-order chi connectivity index (χ1) is 20.7. The van der Waals surface area contributed by atoms with Crippen molar-refractivity contribution in [3.63, 3.8) is 0 Å². The fourth-order valence-electron chi connectivity index (χ4n) is 3.88. The van der Waals surface area contributed by atoms with E-state index in [2.05, 4.69) is 16.0 Å². The van der Waals surface area contributed by atoms with Crippen molar-refractivity contribution in [1.82, 2.24) is 5.32 Å². The summed E-state index contributed by atoms with van der Waals surface area (Å²) >= 11 is 1.35. The first-order valence-corrected chi connectivity index (χ1v) is 14.1. The Kier molecular flexibility index (Phi) is 10.5. The number of thioether (sulfide) groups is 1. The van der Waals surface area contributed by atoms with Gasteiger partial charge in [0, 0.05) is 22.2 Å². The van der Waals surface area contributed by atoms with E-state index in [1.807, 2.05) is 0 Å². The summed E-state index contributed by atoms with van der Waals surface area (Å²) in [5.74, 6) is -0.554. The van der Waals surface area contributed by atoms with Crippen molar-refractivity contribution in [2.45, 2.75) is 17.1 Å². The Hall–Kier alpha value is -5.09. The molecule has 0 aromatic heterocycles. The molecule has 0 radical (unpaired) electrons. The summed E-state index contributed by atoms with van der Waals surface area (Å²) in [5.41, 5.74) is 1.91. The first-order valence-electron chi connectivity index (χ1n) is 13.2. The van der Waals surface area contributed by atoms with E-state index in [4.69, 9.17) is 9.47 Å². The predicted octanol–water partition coefficient (Wildman–Crippen LogP) is 6.37. The van der Waals surface area contributed by atoms with E-state index in [0.717, 1.165) is 4.90 Å². The molecule has 43 heavy (non-hydrogen) atoms. The lowest BCUT2D eigenvalue weighted by Crippen LogP contribution is -2.30. The van der Waals surface area contributed by atoms with Crippen LogP contribution in [0.25, 0.3) is 6.08 Å². The number of carbonyl (C=O) groups is 3. The van der Waals surface area contributed by atoms with Gasteiger partial charge in [0.1, 0.15) is 23.0 Å². The summed E-state index contributed by atoms with van der Waals surface area (Å²) in [6.45, 7) is 1.79. The standard InChI is InChI=1S/C33H30FN3O5S/c1-21(31(38)36-28-18-15-26(41-2)20-30(28)42-3)43-27-16-13-25(14-17-27)35-33(40)29(19-22-9-11-24(34)12-10-22)37-32(39)23-7-5-4-6-8-23/h4-21H,1-3H3,(H,35,40)(H,36,38)(H,37,39)/b29-19-. The number of benzene rings is 4. The maximum Gasteiger partial charge on any atom is 0.272 e. The van der Waals surface area contributed by atoms with Gasteiger partial charge in [-0.3, -0.25) is 14.4 Å². The van der Waals surface area contributed by atoms with Gasteiger partial charge in [0.15, 0.2) is 0 Å². The van der Waals surface area contributed by atoms with Crippen LogP contribution in [0.3, 0.4) is 0 Å². The zero-order valence-corrected chi connectivity index (χ0v) is 24.5. The van der Waals surface area contributed by atoms with Crippen LogP contribution in [0.1, 0.15) is 22.8 Å². The molecule has 0 heterocycles. The number of hydrogen-bond donors (Lipinski definition) is 3. The van der Waals surface area contributed by atoms with Crippen LogP contribution < -0.4 is 25.4 Å². The Labute approximate surface area is 253 Å². The molecular formula is C33H30FN3O5S. The van der Waals surface area contributed by atoms with Crippen LogP contribution in [0.15, 0.2) is 108 Å². The second kappa shape index (κ2) is 14.7. The van der Waals surface area contributed by atoms with E-state index in [9.17, 15) is 18.8 Å². The number of rotatable bonds is 11. The van der Waals surface area contributed by atoms with Crippen LogP contribution in [-0.4, -0.2) is 37.2 Å². The number of ether oxygens (including phenoxy) is 2. The highest BCUT2D eigenvalue weighted by molar-refractivity contribution is 8.00. The molecule has 1 unspecified atom stereocenters. The number of halogens is 1. The molecule has 8 nitrogen and oxygen atoms in total. The second-order valence-electron chi connectivity index (χ2n) is 9.22. The molecular weight excluding hydrogens is 569 g/mol. The average molecular weight is 600 g/mol. The zero-order valence-electron chi connectivity index (χ0n) is 23.7. The third-order valence-corrected chi connectivity index (χ3v) is 7.28. The molecule has 0 saturated carbocycles. The van der Waals surface area contributed by atoms with Crippen LogP contribution in [0.5, 0.6) is 11.5 Å². The van der Waals surface area contributed by atoms with Crippen molar-refractivity contribution < 1.29 is 28.2 Å². The fourth-order valence-corrected chi connectivity index (χ4v) is 4.74. The van der Waals surface area contributed by atoms with Crippen molar-refractivity contribution in [3.8, 4) is 11.5 Å². The maximum atomic E-state index is 13.4. The number of hydrogen-bond acceptors (Lipinski definition) is 6. The van der Waals surface area contributed by atoms with E-state index in [1.54, 1.807) is 86.8 Å². The SMILES string of the molecule is COc1ccc(NC(=O)C(C)Sc2ccc(NC(=O)/C(=C/c3ccc(F)cc3)NC(=O)c3ccccc3)cc2)c(OC)c1. The topological polar surface area (TPSA) is 106 Å². The van der Waals surface area contributed by atoms with Gasteiger partial charge in [-0.2, -0.15) is 0 Å². The number of methoxy groups -OCH3 is 2. The Bertz CT molecular complexity index is 1610. The zero-order chi connectivity index (χ0) is 30.8. The van der Waals surface area contributed by atoms with Crippen molar-refractivity contribution in [2.24, 2.45) is 0 Å². The van der Waals surface area contributed by atoms with E-state index in [1.165, 1.54) is 49.2 Å². The highest BCUT2D eigenvalue weighted by Gasteiger charge is 2.18. The van der Waals surface area contributed by atoms with Crippen LogP contribution in [0.2, 0.25) is 0 Å². The normalized spacial score (nSPS) is 11.7. The van der Waals surface area contributed by atoms with Crippen LogP contribution in [0.4, 0.5) is 15.8 Å². The van der Waals surface area contributed by atoms with Gasteiger partial charge >= 0.3 is 0 Å². The van der Waals surface area contributed by atoms with Gasteiger partial charge in [0.05, 0.1) is 25.2 Å². The summed E-state index contributed by atoms with van der Waals surface area (Å²) in [6.07, 6.45) is 1.47. The lowest BCUT2D eigenvalue weighted by atomic mass is 10.1. The van der Waals surface area contributed by atoms with Gasteiger partial charge in [0.25, 0.3) is 11.8 Å². The molecule has 0 aliphatic heterocycles. The number of nitrogens with one attached hydrogen (secondary N) is 3. The molecule has 0 spiro atoms. The summed E-state index contributed by atoms with van der Waals surface area (Å²) in [5, 5.41) is 7.87. The van der Waals surface area contributed by atoms with Gasteiger partial charge < -0.3 is 25.4 Å². The lowest BCUT2D eigenvalue weighted by Gasteiger charge is -2.15. The summed E-state index contributed by atoms with van der Waals surface area (Å²) in [4.78, 5) is 39.7. The van der Waals surface area contributed by atoms with Crippen molar-refractivity contribution in [3.05, 3.63) is 120 Å². The van der Waals surface area contributed by atoms with Gasteiger partial charge in [-0.05, 0) is 79.2 Å². The second-order valence-corrected chi connectivity index (χ2v) is 10.6. The molecule has 4 rings (SSSR count). The first kappa shape index (κ1) is 30.9. The van der Waals surface area contributed by atoms with Gasteiger partial charge in [-0.25, -0.2) is 4.39 Å². The van der Waals surface area contributed by atoms with Crippen molar-refractivity contribution in [1.29, 1.82) is 0 Å². The van der Waals surface area contributed by atoms with Crippen LogP contribution >= 0.6 is 11.8 Å². The molecule has 0 aliphatic carbocycles. The molecule has 4 aromatic rings. The van der Waals surface area contributed by atoms with Gasteiger partial charge in [-0.1, -0.05) is 30.3 Å². The molecule has 0 aliphatic rings. The quantitative estimate of drug-likeness (QED) is 0.137. The molecule has 220 valence electrons. The lowest BCUT2D eigenvalue weighted by molar-refractivity contribution is -0.115. The Morgan fingerprint density at radius 2 is 1.53 bits per heavy atom. The third kappa shape index (κ3) is 8.70. The molecule has 0 fully saturated rings. The Morgan fingerprint density at radius 1 is 0.837 bits per heavy atom. The summed E-state index contributed by atoms with van der Waals surface area (Å²) in [6, 6.07) is 26.1. The van der Waals surface area contributed by atoms with E-state index < -0.39 is 22.9 Å². The Balaban J connectivity index is 1.42. The van der Waals surface area contributed by atoms with E-state index in [-0.39, 0.29) is 11.6 Å². The molecule has 3 amide bonds. The van der Waals surface area contributed by atoms with Crippen molar-refractivity contribution >= 4 is 46.9 Å². The van der Waals surface area contributed by atoms with Gasteiger partial charge in [-0.15, -0.1) is 11.8 Å². The Morgan fingerprint density at radius 3 is 2.19 bits per heavy atom. The molecule has 4 aromatic carbocycles. The number of carbonyl (C=O) groups excluding carboxylic acids is 3. The fraction of sp³-hybridized carbons (Fsp3) is 0.121. The minimum absolute atomic E-state index is 0.0156. The van der Waals surface area contributed by atoms with Gasteiger partial charge in [0.2, 0.25) is 5.91 Å². The summed E-state index contributed by atoms with van der Waals surface area (Å²) in [7, 11) is 3.07. The minimum Gasteiger partial charge on any atom is -0.497 e. The maximum absolute atomic E-state index is 13.4. The van der Waals surface area contributed by atoms with Crippen LogP contribution in [0, 0.1) is 5.82 Å². The number of anilines is 2. The number of amides is 3. The van der Waals surface area contributed by atoms with E-state index >= 15 is 0 Å². The molecule has 3 N–H and O–H groups in total. The molecule has 10 heteroatoms. The largest absolute Gasteiger partial charge is 0.497 e. The summed E-state index contributed by atoms with van der Waals surface area (Å²) < 4.78 is 24.0. The van der Waals surface area contributed by atoms with E-state index in [0.29, 0.717) is 34.0 Å². The minimum atomic E-state index is -0.560. The van der Waals surface area contributed by atoms with Crippen molar-refractivity contribution in [2.75, 3.05) is 24.9 Å². The highest BCUT2D eigenvalue weighted by atomic mass is 32.2. The molecule has 0 bridgehead atoms. The smallest absolute Gasteiger partial charge is 0.272 e. The molecule has 0 saturated heterocycles. The average Bonchev–Trinajstić information content (AvgIpc) is 3.03. The monoisotopic (exact) mass is 599 g/mol. The van der Waals surface area contributed by atoms with Crippen LogP contribution in [-0.2, 0) is 9.59 Å². The highest BCUT2D eigenvalue weighted by Crippen LogP contribution is 2.31. The molecule has 1 atom stereocenters. The predicted molar refractivity (Wildman–Crippen MR) is 167 cm³/mol. The third-order valence-electron chi connectivity index (χ3n) is 6.17.